The lowest BCUT2D eigenvalue weighted by Gasteiger charge is -2.24. The van der Waals surface area contributed by atoms with Crippen molar-refractivity contribution in [3.63, 3.8) is 0 Å². The summed E-state index contributed by atoms with van der Waals surface area (Å²) < 4.78 is 26.5. The zero-order valence-corrected chi connectivity index (χ0v) is 13.8. The van der Waals surface area contributed by atoms with E-state index in [-0.39, 0.29) is 11.4 Å². The van der Waals surface area contributed by atoms with Crippen LogP contribution in [0.25, 0.3) is 11.1 Å². The highest BCUT2D eigenvalue weighted by Crippen LogP contribution is 2.24. The van der Waals surface area contributed by atoms with Gasteiger partial charge in [-0.05, 0) is 68.1 Å². The Bertz CT molecular complexity index is 738. The van der Waals surface area contributed by atoms with Gasteiger partial charge in [0.25, 0.3) is 5.91 Å². The molecule has 0 aliphatic rings. The van der Waals surface area contributed by atoms with Crippen LogP contribution in [0.2, 0.25) is 0 Å². The second-order valence-electron chi connectivity index (χ2n) is 6.41. The number of halogens is 2. The average Bonchev–Trinajstić information content (AvgIpc) is 2.49. The molecular weight excluding hydrogens is 296 g/mol. The fourth-order valence-corrected chi connectivity index (χ4v) is 2.22. The van der Waals surface area contributed by atoms with Gasteiger partial charge in [-0.1, -0.05) is 19.1 Å². The fourth-order valence-electron chi connectivity index (χ4n) is 2.22. The normalized spacial score (nSPS) is 11.4. The van der Waals surface area contributed by atoms with Crippen molar-refractivity contribution in [2.45, 2.75) is 39.7 Å². The maximum absolute atomic E-state index is 13.4. The van der Waals surface area contributed by atoms with Gasteiger partial charge in [0.15, 0.2) is 11.6 Å². The molecule has 23 heavy (non-hydrogen) atoms. The van der Waals surface area contributed by atoms with Crippen molar-refractivity contribution in [1.29, 1.82) is 0 Å². The van der Waals surface area contributed by atoms with E-state index >= 15 is 0 Å². The fraction of sp³-hybridized carbons (Fsp3) is 0.316. The van der Waals surface area contributed by atoms with Gasteiger partial charge in [0, 0.05) is 11.1 Å². The summed E-state index contributed by atoms with van der Waals surface area (Å²) in [4.78, 5) is 12.4. The summed E-state index contributed by atoms with van der Waals surface area (Å²) >= 11 is 0. The summed E-state index contributed by atoms with van der Waals surface area (Å²) in [6.45, 7) is 7.78. The summed E-state index contributed by atoms with van der Waals surface area (Å²) in [5.74, 6) is -1.96. The van der Waals surface area contributed by atoms with Gasteiger partial charge in [-0.2, -0.15) is 0 Å². The van der Waals surface area contributed by atoms with Crippen molar-refractivity contribution >= 4 is 5.91 Å². The molecule has 0 fully saturated rings. The van der Waals surface area contributed by atoms with Crippen molar-refractivity contribution in [2.75, 3.05) is 0 Å². The quantitative estimate of drug-likeness (QED) is 0.857. The highest BCUT2D eigenvalue weighted by Gasteiger charge is 2.19. The van der Waals surface area contributed by atoms with Crippen LogP contribution in [0.1, 0.15) is 43.1 Å². The molecule has 0 saturated carbocycles. The Balaban J connectivity index is 2.39. The number of carbonyl (C=O) groups excluding carboxylic acids is 1. The zero-order valence-electron chi connectivity index (χ0n) is 13.8. The lowest BCUT2D eigenvalue weighted by atomic mass is 9.98. The van der Waals surface area contributed by atoms with Gasteiger partial charge in [0.1, 0.15) is 0 Å². The maximum atomic E-state index is 13.4. The Morgan fingerprint density at radius 2 is 1.74 bits per heavy atom. The largest absolute Gasteiger partial charge is 0.347 e. The number of carbonyl (C=O) groups is 1. The summed E-state index contributed by atoms with van der Waals surface area (Å²) in [5, 5.41) is 2.98. The van der Waals surface area contributed by atoms with Crippen molar-refractivity contribution in [3.05, 3.63) is 59.2 Å². The SMILES string of the molecule is CCC(C)(C)NC(=O)c1cc(C)cc(-c2ccc(F)c(F)c2)c1. The molecule has 4 heteroatoms. The molecule has 1 amide bonds. The van der Waals surface area contributed by atoms with Crippen LogP contribution >= 0.6 is 0 Å². The van der Waals surface area contributed by atoms with Crippen molar-refractivity contribution in [3.8, 4) is 11.1 Å². The highest BCUT2D eigenvalue weighted by molar-refractivity contribution is 5.96. The number of rotatable bonds is 4. The van der Waals surface area contributed by atoms with E-state index in [9.17, 15) is 13.6 Å². The Hall–Kier alpha value is -2.23. The molecule has 1 N–H and O–H groups in total. The van der Waals surface area contributed by atoms with Crippen LogP contribution < -0.4 is 5.32 Å². The third-order valence-corrected chi connectivity index (χ3v) is 3.93. The Morgan fingerprint density at radius 1 is 1.04 bits per heavy atom. The van der Waals surface area contributed by atoms with E-state index in [0.717, 1.165) is 24.1 Å². The highest BCUT2D eigenvalue weighted by atomic mass is 19.2. The third kappa shape index (κ3) is 4.15. The van der Waals surface area contributed by atoms with Crippen LogP contribution in [0, 0.1) is 18.6 Å². The Labute approximate surface area is 135 Å². The van der Waals surface area contributed by atoms with Gasteiger partial charge in [0.05, 0.1) is 0 Å². The second kappa shape index (κ2) is 6.49. The first-order chi connectivity index (χ1) is 10.7. The molecule has 0 saturated heterocycles. The van der Waals surface area contributed by atoms with E-state index in [1.807, 2.05) is 33.8 Å². The monoisotopic (exact) mass is 317 g/mol. The van der Waals surface area contributed by atoms with Gasteiger partial charge in [-0.15, -0.1) is 0 Å². The summed E-state index contributed by atoms with van der Waals surface area (Å²) in [7, 11) is 0. The molecule has 0 atom stereocenters. The Kier molecular flexibility index (Phi) is 4.83. The molecule has 0 spiro atoms. The first-order valence-corrected chi connectivity index (χ1v) is 7.61. The summed E-state index contributed by atoms with van der Waals surface area (Å²) in [6, 6.07) is 9.05. The van der Waals surface area contributed by atoms with Gasteiger partial charge < -0.3 is 5.32 Å². The second-order valence-corrected chi connectivity index (χ2v) is 6.41. The van der Waals surface area contributed by atoms with Gasteiger partial charge >= 0.3 is 0 Å². The van der Waals surface area contributed by atoms with E-state index in [0.29, 0.717) is 16.7 Å². The van der Waals surface area contributed by atoms with E-state index in [1.54, 1.807) is 12.1 Å². The molecule has 2 aromatic rings. The topological polar surface area (TPSA) is 29.1 Å². The Morgan fingerprint density at radius 3 is 2.35 bits per heavy atom. The van der Waals surface area contributed by atoms with Crippen LogP contribution in [0.5, 0.6) is 0 Å². The van der Waals surface area contributed by atoms with Gasteiger partial charge in [0.2, 0.25) is 0 Å². The molecule has 0 aromatic heterocycles. The van der Waals surface area contributed by atoms with Crippen LogP contribution in [0.3, 0.4) is 0 Å². The smallest absolute Gasteiger partial charge is 0.251 e. The van der Waals surface area contributed by atoms with E-state index in [2.05, 4.69) is 5.32 Å². The van der Waals surface area contributed by atoms with E-state index in [4.69, 9.17) is 0 Å². The molecule has 2 aromatic carbocycles. The molecule has 0 aliphatic heterocycles. The first kappa shape index (κ1) is 17.1. The average molecular weight is 317 g/mol. The molecule has 2 nitrogen and oxygen atoms in total. The predicted molar refractivity (Wildman–Crippen MR) is 88.4 cm³/mol. The van der Waals surface area contributed by atoms with Crippen molar-refractivity contribution in [1.82, 2.24) is 5.32 Å². The molecular formula is C19H21F2NO. The number of hydrogen-bond acceptors (Lipinski definition) is 1. The van der Waals surface area contributed by atoms with Crippen LogP contribution in [0.4, 0.5) is 8.78 Å². The van der Waals surface area contributed by atoms with E-state index < -0.39 is 11.6 Å². The van der Waals surface area contributed by atoms with Crippen LogP contribution in [-0.4, -0.2) is 11.4 Å². The van der Waals surface area contributed by atoms with Crippen molar-refractivity contribution in [2.24, 2.45) is 0 Å². The van der Waals surface area contributed by atoms with Gasteiger partial charge in [-0.3, -0.25) is 4.79 Å². The minimum Gasteiger partial charge on any atom is -0.347 e. The number of hydrogen-bond donors (Lipinski definition) is 1. The number of benzene rings is 2. The molecule has 122 valence electrons. The predicted octanol–water partition coefficient (Wildman–Crippen LogP) is 4.86. The summed E-state index contributed by atoms with van der Waals surface area (Å²) in [5.41, 5.74) is 2.31. The summed E-state index contributed by atoms with van der Waals surface area (Å²) in [6.07, 6.45) is 0.806. The zero-order chi connectivity index (χ0) is 17.2. The molecule has 0 aliphatic carbocycles. The standard InChI is InChI=1S/C19H21F2NO/c1-5-19(3,4)22-18(23)15-9-12(2)8-14(10-15)13-6-7-16(20)17(21)11-13/h6-11H,5H2,1-4H3,(H,22,23). The lowest BCUT2D eigenvalue weighted by molar-refractivity contribution is 0.0911. The van der Waals surface area contributed by atoms with E-state index in [1.165, 1.54) is 6.07 Å². The molecule has 0 unspecified atom stereocenters. The molecule has 0 bridgehead atoms. The van der Waals surface area contributed by atoms with Crippen LogP contribution in [-0.2, 0) is 0 Å². The number of aryl methyl sites for hydroxylation is 1. The third-order valence-electron chi connectivity index (χ3n) is 3.93. The first-order valence-electron chi connectivity index (χ1n) is 7.61. The minimum atomic E-state index is -0.901. The van der Waals surface area contributed by atoms with Gasteiger partial charge in [-0.25, -0.2) is 8.78 Å². The number of amides is 1. The molecule has 2 rings (SSSR count). The molecule has 0 heterocycles. The lowest BCUT2D eigenvalue weighted by Crippen LogP contribution is -2.42. The number of nitrogens with one attached hydrogen (secondary N) is 1. The van der Waals surface area contributed by atoms with Crippen LogP contribution in [0.15, 0.2) is 36.4 Å². The minimum absolute atomic E-state index is 0.176. The van der Waals surface area contributed by atoms with Crippen molar-refractivity contribution < 1.29 is 13.6 Å². The molecule has 0 radical (unpaired) electrons. The maximum Gasteiger partial charge on any atom is 0.251 e.